The van der Waals surface area contributed by atoms with Crippen LogP contribution in [0.15, 0.2) is 18.2 Å². The average molecular weight is 355 g/mol. The van der Waals surface area contributed by atoms with Gasteiger partial charge in [-0.2, -0.15) is 0 Å². The molecule has 1 aromatic rings. The first-order chi connectivity index (χ1) is 12.5. The van der Waals surface area contributed by atoms with E-state index in [1.54, 1.807) is 0 Å². The first-order valence-electron chi connectivity index (χ1n) is 10.6. The summed E-state index contributed by atoms with van der Waals surface area (Å²) in [6, 6.07) is 7.04. The van der Waals surface area contributed by atoms with Gasteiger partial charge in [0.1, 0.15) is 0 Å². The van der Waals surface area contributed by atoms with Crippen molar-refractivity contribution in [1.29, 1.82) is 0 Å². The monoisotopic (exact) mass is 354 g/mol. The number of hydrogen-bond donors (Lipinski definition) is 2. The van der Waals surface area contributed by atoms with Crippen LogP contribution in [0, 0.1) is 24.7 Å². The Morgan fingerprint density at radius 1 is 1.08 bits per heavy atom. The molecule has 1 aliphatic carbocycles. The molecule has 1 unspecified atom stereocenters. The fraction of sp³-hybridized carbons (Fsp3) is 0.696. The summed E-state index contributed by atoms with van der Waals surface area (Å²) in [5.74, 6) is 2.52. The third kappa shape index (κ3) is 2.98. The second-order valence-electron chi connectivity index (χ2n) is 9.29. The predicted molar refractivity (Wildman–Crippen MR) is 106 cm³/mol. The van der Waals surface area contributed by atoms with Gasteiger partial charge in [0, 0.05) is 0 Å². The Morgan fingerprint density at radius 3 is 2.42 bits per heavy atom. The third-order valence-electron chi connectivity index (χ3n) is 7.47. The van der Waals surface area contributed by atoms with Crippen LogP contribution in [0.2, 0.25) is 0 Å². The van der Waals surface area contributed by atoms with Gasteiger partial charge in [0.15, 0.2) is 0 Å². The van der Waals surface area contributed by atoms with E-state index in [-0.39, 0.29) is 17.4 Å². The van der Waals surface area contributed by atoms with Crippen molar-refractivity contribution in [2.75, 3.05) is 13.1 Å². The van der Waals surface area contributed by atoms with Crippen molar-refractivity contribution >= 4 is 5.91 Å². The summed E-state index contributed by atoms with van der Waals surface area (Å²) in [5, 5.41) is 6.94. The Labute approximate surface area is 158 Å². The van der Waals surface area contributed by atoms with E-state index < -0.39 is 0 Å². The second-order valence-corrected chi connectivity index (χ2v) is 9.29. The third-order valence-corrected chi connectivity index (χ3v) is 7.47. The highest BCUT2D eigenvalue weighted by molar-refractivity contribution is 5.91. The minimum absolute atomic E-state index is 0.214. The summed E-state index contributed by atoms with van der Waals surface area (Å²) in [5.41, 5.74) is 3.74. The molecule has 0 aromatic heterocycles. The van der Waals surface area contributed by atoms with Gasteiger partial charge in [-0.1, -0.05) is 37.6 Å². The lowest BCUT2D eigenvalue weighted by Gasteiger charge is -2.46. The molecule has 0 radical (unpaired) electrons. The molecule has 142 valence electrons. The van der Waals surface area contributed by atoms with E-state index in [0.717, 1.165) is 37.8 Å². The quantitative estimate of drug-likeness (QED) is 0.834. The van der Waals surface area contributed by atoms with Crippen LogP contribution < -0.4 is 10.6 Å². The Balaban J connectivity index is 1.66. The Hall–Kier alpha value is -1.35. The molecule has 3 heteroatoms. The number of carbonyl (C=O) groups excluding carboxylic acids is 1. The Bertz CT molecular complexity index is 667. The van der Waals surface area contributed by atoms with Crippen molar-refractivity contribution in [1.82, 2.24) is 10.6 Å². The number of hydrogen-bond acceptors (Lipinski definition) is 2. The highest BCUT2D eigenvalue weighted by Crippen LogP contribution is 2.47. The SMILES string of the molecule is Cc1ccc2c(c1)C([C@H]1CC[C@@H](C(C)C)CC1)NC(=O)C21CCNCC1. The maximum absolute atomic E-state index is 13.3. The Kier molecular flexibility index (Phi) is 4.85. The lowest BCUT2D eigenvalue weighted by Crippen LogP contribution is -2.56. The summed E-state index contributed by atoms with van der Waals surface area (Å²) in [6.07, 6.45) is 6.95. The Morgan fingerprint density at radius 2 is 1.77 bits per heavy atom. The zero-order valence-corrected chi connectivity index (χ0v) is 16.6. The van der Waals surface area contributed by atoms with E-state index in [0.29, 0.717) is 5.92 Å². The maximum Gasteiger partial charge on any atom is 0.231 e. The topological polar surface area (TPSA) is 41.1 Å². The lowest BCUT2D eigenvalue weighted by molar-refractivity contribution is -0.130. The summed E-state index contributed by atoms with van der Waals surface area (Å²) in [7, 11) is 0. The van der Waals surface area contributed by atoms with E-state index in [4.69, 9.17) is 0 Å². The van der Waals surface area contributed by atoms with Crippen molar-refractivity contribution in [2.24, 2.45) is 17.8 Å². The van der Waals surface area contributed by atoms with E-state index in [1.807, 2.05) is 0 Å². The highest BCUT2D eigenvalue weighted by atomic mass is 16.2. The molecule has 1 atom stereocenters. The molecule has 3 aliphatic rings. The summed E-state index contributed by atoms with van der Waals surface area (Å²) in [4.78, 5) is 13.3. The summed E-state index contributed by atoms with van der Waals surface area (Å²) >= 11 is 0. The van der Waals surface area contributed by atoms with Crippen molar-refractivity contribution in [3.05, 3.63) is 34.9 Å². The average Bonchev–Trinajstić information content (AvgIpc) is 2.65. The molecule has 26 heavy (non-hydrogen) atoms. The van der Waals surface area contributed by atoms with Crippen molar-refractivity contribution in [3.63, 3.8) is 0 Å². The minimum atomic E-state index is -0.306. The van der Waals surface area contributed by atoms with Crippen LogP contribution in [-0.4, -0.2) is 19.0 Å². The van der Waals surface area contributed by atoms with Gasteiger partial charge in [0.05, 0.1) is 11.5 Å². The van der Waals surface area contributed by atoms with Crippen LogP contribution in [0.5, 0.6) is 0 Å². The number of fused-ring (bicyclic) bond motifs is 2. The van der Waals surface area contributed by atoms with Gasteiger partial charge >= 0.3 is 0 Å². The van der Waals surface area contributed by atoms with Crippen LogP contribution in [0.1, 0.15) is 75.1 Å². The maximum atomic E-state index is 13.3. The molecule has 1 saturated carbocycles. The molecule has 3 nitrogen and oxygen atoms in total. The molecular weight excluding hydrogens is 320 g/mol. The van der Waals surface area contributed by atoms with Gasteiger partial charge in [-0.15, -0.1) is 0 Å². The number of aryl methyl sites for hydroxylation is 1. The van der Waals surface area contributed by atoms with Gasteiger partial charge < -0.3 is 10.6 Å². The minimum Gasteiger partial charge on any atom is -0.348 e. The largest absolute Gasteiger partial charge is 0.348 e. The first kappa shape index (κ1) is 18.0. The molecule has 0 bridgehead atoms. The van der Waals surface area contributed by atoms with Crippen LogP contribution in [0.25, 0.3) is 0 Å². The van der Waals surface area contributed by atoms with Crippen molar-refractivity contribution in [3.8, 4) is 0 Å². The number of amides is 1. The number of nitrogens with one attached hydrogen (secondary N) is 2. The molecule has 1 aromatic carbocycles. The normalized spacial score (nSPS) is 30.9. The van der Waals surface area contributed by atoms with Gasteiger partial charge in [-0.3, -0.25) is 4.79 Å². The molecular formula is C23H34N2O. The molecule has 1 saturated heterocycles. The predicted octanol–water partition coefficient (Wildman–Crippen LogP) is 4.25. The molecule has 2 aliphatic heterocycles. The van der Waals surface area contributed by atoms with Gasteiger partial charge in [-0.25, -0.2) is 0 Å². The molecule has 1 spiro atoms. The van der Waals surface area contributed by atoms with Gasteiger partial charge in [0.2, 0.25) is 5.91 Å². The lowest BCUT2D eigenvalue weighted by atomic mass is 9.64. The summed E-state index contributed by atoms with van der Waals surface area (Å²) in [6.45, 7) is 8.76. The van der Waals surface area contributed by atoms with E-state index in [9.17, 15) is 4.79 Å². The van der Waals surface area contributed by atoms with Gasteiger partial charge in [-0.05, 0) is 87.4 Å². The fourth-order valence-electron chi connectivity index (χ4n) is 5.72. The molecule has 2 heterocycles. The highest BCUT2D eigenvalue weighted by Gasteiger charge is 2.48. The molecule has 1 amide bonds. The fourth-order valence-corrected chi connectivity index (χ4v) is 5.72. The first-order valence-corrected chi connectivity index (χ1v) is 10.6. The number of carbonyl (C=O) groups is 1. The van der Waals surface area contributed by atoms with Gasteiger partial charge in [0.25, 0.3) is 0 Å². The van der Waals surface area contributed by atoms with Crippen LogP contribution in [-0.2, 0) is 10.2 Å². The second kappa shape index (κ2) is 6.99. The standard InChI is InChI=1S/C23H34N2O/c1-15(2)17-5-7-18(8-6-17)21-19-14-16(3)4-9-20(19)23(22(26)25-21)10-12-24-13-11-23/h4,9,14-15,17-18,21,24H,5-8,10-13H2,1-3H3,(H,25,26)/t17-,18+,21?. The number of rotatable bonds is 2. The van der Waals surface area contributed by atoms with E-state index in [1.165, 1.54) is 42.4 Å². The molecule has 2 N–H and O–H groups in total. The smallest absolute Gasteiger partial charge is 0.231 e. The summed E-state index contributed by atoms with van der Waals surface area (Å²) < 4.78 is 0. The zero-order valence-electron chi connectivity index (χ0n) is 16.6. The van der Waals surface area contributed by atoms with Crippen molar-refractivity contribution < 1.29 is 4.79 Å². The van der Waals surface area contributed by atoms with Crippen molar-refractivity contribution in [2.45, 2.75) is 70.8 Å². The van der Waals surface area contributed by atoms with Crippen LogP contribution in [0.3, 0.4) is 0 Å². The van der Waals surface area contributed by atoms with Crippen LogP contribution in [0.4, 0.5) is 0 Å². The zero-order chi connectivity index (χ0) is 18.3. The van der Waals surface area contributed by atoms with E-state index >= 15 is 0 Å². The van der Waals surface area contributed by atoms with Crippen LogP contribution >= 0.6 is 0 Å². The number of benzene rings is 1. The number of piperidine rings is 1. The van der Waals surface area contributed by atoms with E-state index in [2.05, 4.69) is 49.6 Å². The molecule has 2 fully saturated rings. The molecule has 4 rings (SSSR count).